The molecule has 0 fully saturated rings. The molecule has 1 rings (SSSR count). The standard InChI is InChI=1S/C12H15F3N2O4/c1-11(2,10(16)12(13,14)15)6-4-7(17(19)20)9(21-3)8(18)5-6/h4-5,10,18H,16H2,1-3H3. The minimum Gasteiger partial charge on any atom is -0.504 e. The highest BCUT2D eigenvalue weighted by Gasteiger charge is 2.48. The molecular weight excluding hydrogens is 293 g/mol. The van der Waals surface area contributed by atoms with Gasteiger partial charge >= 0.3 is 11.9 Å². The molecule has 1 unspecified atom stereocenters. The molecular formula is C12H15F3N2O4. The number of methoxy groups -OCH3 is 1. The van der Waals surface area contributed by atoms with Gasteiger partial charge in [-0.1, -0.05) is 13.8 Å². The summed E-state index contributed by atoms with van der Waals surface area (Å²) in [5.41, 5.74) is 2.78. The lowest BCUT2D eigenvalue weighted by molar-refractivity contribution is -0.385. The van der Waals surface area contributed by atoms with Crippen LogP contribution in [0.4, 0.5) is 18.9 Å². The van der Waals surface area contributed by atoms with Gasteiger partial charge in [0.1, 0.15) is 6.04 Å². The van der Waals surface area contributed by atoms with Gasteiger partial charge in [0.2, 0.25) is 5.75 Å². The molecule has 118 valence electrons. The first-order valence-electron chi connectivity index (χ1n) is 5.81. The summed E-state index contributed by atoms with van der Waals surface area (Å²) in [6.45, 7) is 2.38. The van der Waals surface area contributed by atoms with Crippen LogP contribution in [0.2, 0.25) is 0 Å². The van der Waals surface area contributed by atoms with Gasteiger partial charge in [0.25, 0.3) is 0 Å². The first-order chi connectivity index (χ1) is 9.42. The lowest BCUT2D eigenvalue weighted by atomic mass is 9.77. The first-order valence-corrected chi connectivity index (χ1v) is 5.81. The maximum atomic E-state index is 12.8. The molecule has 0 saturated heterocycles. The minimum absolute atomic E-state index is 0.114. The Morgan fingerprint density at radius 2 is 1.90 bits per heavy atom. The van der Waals surface area contributed by atoms with E-state index in [9.17, 15) is 28.4 Å². The van der Waals surface area contributed by atoms with Crippen molar-refractivity contribution in [3.05, 3.63) is 27.8 Å². The fourth-order valence-corrected chi connectivity index (χ4v) is 1.90. The van der Waals surface area contributed by atoms with Gasteiger partial charge in [-0.05, 0) is 11.6 Å². The van der Waals surface area contributed by atoms with E-state index >= 15 is 0 Å². The molecule has 0 aliphatic heterocycles. The van der Waals surface area contributed by atoms with Crippen molar-refractivity contribution in [1.29, 1.82) is 0 Å². The van der Waals surface area contributed by atoms with Crippen LogP contribution in [0.3, 0.4) is 0 Å². The Labute approximate surface area is 118 Å². The summed E-state index contributed by atoms with van der Waals surface area (Å²) in [5, 5.41) is 20.7. The van der Waals surface area contributed by atoms with Crippen LogP contribution in [-0.4, -0.2) is 29.4 Å². The Hall–Kier alpha value is -2.03. The SMILES string of the molecule is COc1c(O)cc(C(C)(C)C(N)C(F)(F)F)cc1[N+](=O)[O-]. The molecule has 0 radical (unpaired) electrons. The molecule has 0 aliphatic rings. The van der Waals surface area contributed by atoms with E-state index in [2.05, 4.69) is 4.74 Å². The van der Waals surface area contributed by atoms with Gasteiger partial charge in [-0.15, -0.1) is 0 Å². The molecule has 0 aliphatic carbocycles. The van der Waals surface area contributed by atoms with Gasteiger partial charge < -0.3 is 15.6 Å². The number of halogens is 3. The number of hydrogen-bond acceptors (Lipinski definition) is 5. The van der Waals surface area contributed by atoms with Crippen LogP contribution in [0.15, 0.2) is 12.1 Å². The van der Waals surface area contributed by atoms with E-state index in [4.69, 9.17) is 5.73 Å². The van der Waals surface area contributed by atoms with Crippen LogP contribution < -0.4 is 10.5 Å². The van der Waals surface area contributed by atoms with Crippen molar-refractivity contribution in [3.63, 3.8) is 0 Å². The summed E-state index contributed by atoms with van der Waals surface area (Å²) in [4.78, 5) is 10.1. The third-order valence-electron chi connectivity index (χ3n) is 3.32. The van der Waals surface area contributed by atoms with Gasteiger partial charge in [0.05, 0.1) is 12.0 Å². The Morgan fingerprint density at radius 3 is 2.29 bits per heavy atom. The number of nitro groups is 1. The molecule has 1 aromatic carbocycles. The van der Waals surface area contributed by atoms with E-state index in [0.29, 0.717) is 0 Å². The Morgan fingerprint density at radius 1 is 1.38 bits per heavy atom. The van der Waals surface area contributed by atoms with E-state index < -0.39 is 39.7 Å². The fraction of sp³-hybridized carbons (Fsp3) is 0.500. The van der Waals surface area contributed by atoms with Crippen LogP contribution in [0.25, 0.3) is 0 Å². The van der Waals surface area contributed by atoms with Gasteiger partial charge in [0.15, 0.2) is 5.75 Å². The van der Waals surface area contributed by atoms with Gasteiger partial charge in [0, 0.05) is 11.5 Å². The van der Waals surface area contributed by atoms with Gasteiger partial charge in [-0.25, -0.2) is 0 Å². The maximum absolute atomic E-state index is 12.8. The number of benzene rings is 1. The number of nitrogens with two attached hydrogens (primary N) is 1. The number of rotatable bonds is 4. The molecule has 1 aromatic rings. The van der Waals surface area contributed by atoms with Crippen molar-refractivity contribution >= 4 is 5.69 Å². The predicted octanol–water partition coefficient (Wildman–Crippen LogP) is 2.48. The van der Waals surface area contributed by atoms with Crippen LogP contribution in [0.1, 0.15) is 19.4 Å². The summed E-state index contributed by atoms with van der Waals surface area (Å²) in [6, 6.07) is -0.348. The summed E-state index contributed by atoms with van der Waals surface area (Å²) in [6.07, 6.45) is -4.69. The number of nitro benzene ring substituents is 1. The molecule has 0 saturated carbocycles. The number of aromatic hydroxyl groups is 1. The molecule has 0 heterocycles. The Kier molecular flexibility index (Phi) is 4.37. The normalized spacial score (nSPS) is 13.9. The highest BCUT2D eigenvalue weighted by atomic mass is 19.4. The van der Waals surface area contributed by atoms with Crippen molar-refractivity contribution < 1.29 is 27.9 Å². The summed E-state index contributed by atoms with van der Waals surface area (Å²) >= 11 is 0. The topological polar surface area (TPSA) is 98.6 Å². The monoisotopic (exact) mass is 308 g/mol. The van der Waals surface area contributed by atoms with Crippen molar-refractivity contribution in [2.75, 3.05) is 7.11 Å². The van der Waals surface area contributed by atoms with Crippen molar-refractivity contribution in [3.8, 4) is 11.5 Å². The molecule has 1 atom stereocenters. The number of ether oxygens (including phenoxy) is 1. The lowest BCUT2D eigenvalue weighted by Crippen LogP contribution is -2.51. The van der Waals surface area contributed by atoms with Crippen LogP contribution in [0, 0.1) is 10.1 Å². The zero-order valence-electron chi connectivity index (χ0n) is 11.6. The van der Waals surface area contributed by atoms with E-state index in [1.54, 1.807) is 0 Å². The van der Waals surface area contributed by atoms with Crippen molar-refractivity contribution in [2.45, 2.75) is 31.5 Å². The number of alkyl halides is 3. The summed E-state index contributed by atoms with van der Waals surface area (Å²) in [5.74, 6) is -1.04. The lowest BCUT2D eigenvalue weighted by Gasteiger charge is -2.33. The average molecular weight is 308 g/mol. The predicted molar refractivity (Wildman–Crippen MR) is 68.4 cm³/mol. The average Bonchev–Trinajstić information content (AvgIpc) is 2.35. The second-order valence-electron chi connectivity index (χ2n) is 5.05. The highest BCUT2D eigenvalue weighted by Crippen LogP contribution is 2.43. The zero-order chi connectivity index (χ0) is 16.6. The van der Waals surface area contributed by atoms with Crippen LogP contribution in [-0.2, 0) is 5.41 Å². The molecule has 0 spiro atoms. The number of phenols is 1. The molecule has 0 bridgehead atoms. The fourth-order valence-electron chi connectivity index (χ4n) is 1.90. The van der Waals surface area contributed by atoms with Crippen molar-refractivity contribution in [1.82, 2.24) is 0 Å². The number of phenolic OH excluding ortho intramolecular Hbond substituents is 1. The first kappa shape index (κ1) is 17.0. The third kappa shape index (κ3) is 3.18. The molecule has 21 heavy (non-hydrogen) atoms. The molecule has 0 amide bonds. The second-order valence-corrected chi connectivity index (χ2v) is 5.05. The highest BCUT2D eigenvalue weighted by molar-refractivity contribution is 5.58. The van der Waals surface area contributed by atoms with E-state index in [1.807, 2.05) is 0 Å². The smallest absolute Gasteiger partial charge is 0.404 e. The number of hydrogen-bond donors (Lipinski definition) is 2. The van der Waals surface area contributed by atoms with E-state index in [0.717, 1.165) is 19.2 Å². The largest absolute Gasteiger partial charge is 0.504 e. The van der Waals surface area contributed by atoms with Crippen LogP contribution >= 0.6 is 0 Å². The third-order valence-corrected chi connectivity index (χ3v) is 3.32. The van der Waals surface area contributed by atoms with Gasteiger partial charge in [-0.3, -0.25) is 10.1 Å². The van der Waals surface area contributed by atoms with E-state index in [-0.39, 0.29) is 5.56 Å². The summed E-state index contributed by atoms with van der Waals surface area (Å²) in [7, 11) is 1.11. The molecule has 0 aromatic heterocycles. The molecule has 6 nitrogen and oxygen atoms in total. The van der Waals surface area contributed by atoms with Gasteiger partial charge in [-0.2, -0.15) is 13.2 Å². The number of nitrogens with zero attached hydrogens (tertiary/aromatic N) is 1. The van der Waals surface area contributed by atoms with E-state index in [1.165, 1.54) is 13.8 Å². The summed E-state index contributed by atoms with van der Waals surface area (Å²) < 4.78 is 43.1. The Bertz CT molecular complexity index is 558. The maximum Gasteiger partial charge on any atom is 0.404 e. The Balaban J connectivity index is 3.47. The molecule has 9 heteroatoms. The van der Waals surface area contributed by atoms with Crippen LogP contribution in [0.5, 0.6) is 11.5 Å². The minimum atomic E-state index is -4.69. The molecule has 3 N–H and O–H groups in total. The second kappa shape index (κ2) is 5.40. The quantitative estimate of drug-likeness (QED) is 0.657. The van der Waals surface area contributed by atoms with Crippen molar-refractivity contribution in [2.24, 2.45) is 5.73 Å². The zero-order valence-corrected chi connectivity index (χ0v) is 11.6.